The quantitative estimate of drug-likeness (QED) is 0.739. The van der Waals surface area contributed by atoms with Crippen molar-refractivity contribution in [3.63, 3.8) is 0 Å². The van der Waals surface area contributed by atoms with E-state index >= 15 is 0 Å². The summed E-state index contributed by atoms with van der Waals surface area (Å²) in [6.45, 7) is -0.438. The van der Waals surface area contributed by atoms with Crippen LogP contribution in [0.1, 0.15) is 21.5 Å². The summed E-state index contributed by atoms with van der Waals surface area (Å²) in [6.07, 6.45) is 1.46. The molecule has 0 aromatic carbocycles. The highest BCUT2D eigenvalue weighted by molar-refractivity contribution is 7.12. The molecule has 1 atom stereocenters. The van der Waals surface area contributed by atoms with Gasteiger partial charge in [0.2, 0.25) is 5.91 Å². The molecule has 0 fully saturated rings. The van der Waals surface area contributed by atoms with Crippen molar-refractivity contribution in [1.82, 2.24) is 10.6 Å². The van der Waals surface area contributed by atoms with Gasteiger partial charge >= 0.3 is 0 Å². The van der Waals surface area contributed by atoms with Crippen LogP contribution in [0, 0.1) is 0 Å². The van der Waals surface area contributed by atoms with Crippen LogP contribution in [0.3, 0.4) is 0 Å². The summed E-state index contributed by atoms with van der Waals surface area (Å²) in [7, 11) is 0. The van der Waals surface area contributed by atoms with E-state index in [1.54, 1.807) is 29.6 Å². The minimum Gasteiger partial charge on any atom is -0.467 e. The number of thiophene rings is 1. The SMILES string of the molecule is O=C(CNC(=O)c1cccs1)NC(CO)c1ccco1. The molecule has 0 radical (unpaired) electrons. The Hall–Kier alpha value is -2.12. The van der Waals surface area contributed by atoms with Gasteiger partial charge in [-0.15, -0.1) is 11.3 Å². The Morgan fingerprint density at radius 3 is 2.80 bits per heavy atom. The Morgan fingerprint density at radius 2 is 2.20 bits per heavy atom. The number of rotatable bonds is 6. The molecule has 7 heteroatoms. The van der Waals surface area contributed by atoms with Crippen LogP contribution in [0.5, 0.6) is 0 Å². The highest BCUT2D eigenvalue weighted by atomic mass is 32.1. The number of nitrogens with one attached hydrogen (secondary N) is 2. The fourth-order valence-electron chi connectivity index (χ4n) is 1.60. The maximum absolute atomic E-state index is 11.7. The molecule has 2 heterocycles. The van der Waals surface area contributed by atoms with E-state index in [0.29, 0.717) is 10.6 Å². The van der Waals surface area contributed by atoms with E-state index in [1.165, 1.54) is 17.6 Å². The van der Waals surface area contributed by atoms with E-state index in [-0.39, 0.29) is 19.1 Å². The standard InChI is InChI=1S/C13H14N2O4S/c16-8-9(10-3-1-5-19-10)15-12(17)7-14-13(18)11-4-2-6-20-11/h1-6,9,16H,7-8H2,(H,14,18)(H,15,17). The topological polar surface area (TPSA) is 91.6 Å². The van der Waals surface area contributed by atoms with E-state index in [9.17, 15) is 14.7 Å². The van der Waals surface area contributed by atoms with Crippen molar-refractivity contribution in [2.75, 3.05) is 13.2 Å². The lowest BCUT2D eigenvalue weighted by atomic mass is 10.2. The smallest absolute Gasteiger partial charge is 0.261 e. The van der Waals surface area contributed by atoms with Crippen molar-refractivity contribution < 1.29 is 19.1 Å². The van der Waals surface area contributed by atoms with Crippen LogP contribution in [0.15, 0.2) is 40.3 Å². The second-order valence-corrected chi connectivity index (χ2v) is 4.93. The van der Waals surface area contributed by atoms with Crippen molar-refractivity contribution in [1.29, 1.82) is 0 Å². The molecular weight excluding hydrogens is 280 g/mol. The fraction of sp³-hybridized carbons (Fsp3) is 0.231. The largest absolute Gasteiger partial charge is 0.467 e. The van der Waals surface area contributed by atoms with Gasteiger partial charge in [-0.25, -0.2) is 0 Å². The van der Waals surface area contributed by atoms with Crippen molar-refractivity contribution in [2.45, 2.75) is 6.04 Å². The number of amides is 2. The zero-order valence-electron chi connectivity index (χ0n) is 10.5. The number of hydrogen-bond donors (Lipinski definition) is 3. The van der Waals surface area contributed by atoms with Crippen molar-refractivity contribution >= 4 is 23.2 Å². The molecule has 2 aromatic rings. The van der Waals surface area contributed by atoms with Crippen LogP contribution < -0.4 is 10.6 Å². The molecule has 0 bridgehead atoms. The predicted molar refractivity (Wildman–Crippen MR) is 73.3 cm³/mol. The van der Waals surface area contributed by atoms with Crippen LogP contribution in [0.4, 0.5) is 0 Å². The lowest BCUT2D eigenvalue weighted by Gasteiger charge is -2.14. The van der Waals surface area contributed by atoms with Gasteiger partial charge in [-0.2, -0.15) is 0 Å². The molecule has 6 nitrogen and oxygen atoms in total. The molecule has 0 aliphatic heterocycles. The zero-order chi connectivity index (χ0) is 14.4. The van der Waals surface area contributed by atoms with Crippen LogP contribution in [0.25, 0.3) is 0 Å². The summed E-state index contributed by atoms with van der Waals surface area (Å²) >= 11 is 1.30. The van der Waals surface area contributed by atoms with E-state index < -0.39 is 11.9 Å². The second-order valence-electron chi connectivity index (χ2n) is 3.98. The van der Waals surface area contributed by atoms with Crippen molar-refractivity contribution in [3.8, 4) is 0 Å². The molecule has 0 saturated carbocycles. The fourth-order valence-corrected chi connectivity index (χ4v) is 2.24. The Kier molecular flexibility index (Phi) is 4.91. The number of furan rings is 1. The molecule has 2 rings (SSSR count). The second kappa shape index (κ2) is 6.88. The average molecular weight is 294 g/mol. The first-order valence-corrected chi connectivity index (χ1v) is 6.84. The van der Waals surface area contributed by atoms with Gasteiger partial charge in [0.05, 0.1) is 24.3 Å². The van der Waals surface area contributed by atoms with Gasteiger partial charge in [0, 0.05) is 0 Å². The van der Waals surface area contributed by atoms with Gasteiger partial charge in [0.1, 0.15) is 11.8 Å². The molecule has 106 valence electrons. The highest BCUT2D eigenvalue weighted by Crippen LogP contribution is 2.12. The number of hydrogen-bond acceptors (Lipinski definition) is 5. The third kappa shape index (κ3) is 3.69. The van der Waals surface area contributed by atoms with Gasteiger partial charge in [-0.1, -0.05) is 6.07 Å². The van der Waals surface area contributed by atoms with Gasteiger partial charge in [-0.05, 0) is 23.6 Å². The maximum atomic E-state index is 11.7. The molecule has 0 spiro atoms. The first-order chi connectivity index (χ1) is 9.70. The Balaban J connectivity index is 1.82. The number of carbonyl (C=O) groups is 2. The molecular formula is C13H14N2O4S. The summed E-state index contributed by atoms with van der Waals surface area (Å²) in [5.41, 5.74) is 0. The van der Waals surface area contributed by atoms with Gasteiger partial charge in [0.25, 0.3) is 5.91 Å². The van der Waals surface area contributed by atoms with E-state index in [0.717, 1.165) is 0 Å². The van der Waals surface area contributed by atoms with E-state index in [2.05, 4.69) is 10.6 Å². The van der Waals surface area contributed by atoms with Gasteiger partial charge < -0.3 is 20.2 Å². The monoisotopic (exact) mass is 294 g/mol. The van der Waals surface area contributed by atoms with Crippen molar-refractivity contribution in [3.05, 3.63) is 46.5 Å². The Bertz CT molecular complexity index is 551. The van der Waals surface area contributed by atoms with E-state index in [1.807, 2.05) is 0 Å². The number of aliphatic hydroxyl groups excluding tert-OH is 1. The average Bonchev–Trinajstić information content (AvgIpc) is 3.14. The molecule has 3 N–H and O–H groups in total. The number of carbonyl (C=O) groups excluding carboxylic acids is 2. The molecule has 1 unspecified atom stereocenters. The Labute approximate surface area is 119 Å². The van der Waals surface area contributed by atoms with E-state index in [4.69, 9.17) is 4.42 Å². The molecule has 0 saturated heterocycles. The normalized spacial score (nSPS) is 11.8. The van der Waals surface area contributed by atoms with Gasteiger partial charge in [0.15, 0.2) is 0 Å². The highest BCUT2D eigenvalue weighted by Gasteiger charge is 2.16. The maximum Gasteiger partial charge on any atom is 0.261 e. The molecule has 0 aliphatic carbocycles. The van der Waals surface area contributed by atoms with Crippen LogP contribution in [-0.2, 0) is 4.79 Å². The molecule has 2 amide bonds. The van der Waals surface area contributed by atoms with Crippen LogP contribution >= 0.6 is 11.3 Å². The molecule has 20 heavy (non-hydrogen) atoms. The lowest BCUT2D eigenvalue weighted by molar-refractivity contribution is -0.121. The minimum absolute atomic E-state index is 0.159. The molecule has 0 aliphatic rings. The number of aliphatic hydroxyl groups is 1. The summed E-state index contributed by atoms with van der Waals surface area (Å²) in [5.74, 6) is -0.232. The van der Waals surface area contributed by atoms with Crippen molar-refractivity contribution in [2.24, 2.45) is 0 Å². The zero-order valence-corrected chi connectivity index (χ0v) is 11.4. The summed E-state index contributed by atoms with van der Waals surface area (Å²) < 4.78 is 5.11. The van der Waals surface area contributed by atoms with Gasteiger partial charge in [-0.3, -0.25) is 9.59 Å². The van der Waals surface area contributed by atoms with Crippen LogP contribution in [-0.4, -0.2) is 30.1 Å². The minimum atomic E-state index is -0.615. The summed E-state index contributed by atoms with van der Waals surface area (Å²) in [5, 5.41) is 16.1. The summed E-state index contributed by atoms with van der Waals surface area (Å²) in [4.78, 5) is 23.9. The summed E-state index contributed by atoms with van der Waals surface area (Å²) in [6, 6.07) is 6.15. The first kappa shape index (κ1) is 14.3. The predicted octanol–water partition coefficient (Wildman–Crippen LogP) is 0.921. The third-order valence-corrected chi connectivity index (χ3v) is 3.43. The van der Waals surface area contributed by atoms with Crippen LogP contribution in [0.2, 0.25) is 0 Å². The third-order valence-electron chi connectivity index (χ3n) is 2.56. The molecule has 2 aromatic heterocycles. The lowest BCUT2D eigenvalue weighted by Crippen LogP contribution is -2.39. The Morgan fingerprint density at radius 1 is 1.35 bits per heavy atom. The first-order valence-electron chi connectivity index (χ1n) is 5.96.